The Labute approximate surface area is 680 Å². The van der Waals surface area contributed by atoms with Crippen LogP contribution in [0.15, 0.2) is 401 Å². The first kappa shape index (κ1) is 72.0. The van der Waals surface area contributed by atoms with Crippen molar-refractivity contribution in [3.8, 4) is 134 Å². The maximum atomic E-state index is 12.1. The second-order valence-electron chi connectivity index (χ2n) is 28.0. The van der Waals surface area contributed by atoms with Crippen LogP contribution >= 0.6 is 0 Å². The minimum absolute atomic E-state index is 0. The number of rotatable bonds is 23. The van der Waals surface area contributed by atoms with Gasteiger partial charge in [-0.25, -0.2) is 14.4 Å². The molecule has 14 aromatic rings. The van der Waals surface area contributed by atoms with Gasteiger partial charge in [0.15, 0.2) is 0 Å². The molecule has 14 rings (SSSR count). The summed E-state index contributed by atoms with van der Waals surface area (Å²) >= 11 is 0. The number of hydrogen-bond acceptors (Lipinski definition) is 8. The van der Waals surface area contributed by atoms with Gasteiger partial charge in [-0.05, 0) is 274 Å². The molecule has 0 heterocycles. The fourth-order valence-corrected chi connectivity index (χ4v) is 12.9. The molecule has 0 aliphatic rings. The molecule has 14 aromatic carbocycles. The van der Waals surface area contributed by atoms with Gasteiger partial charge in [-0.2, -0.15) is 0 Å². The number of aliphatic hydroxyl groups excluding tert-OH is 2. The third-order valence-corrected chi connectivity index (χ3v) is 19.2. The van der Waals surface area contributed by atoms with Gasteiger partial charge in [-0.1, -0.05) is 288 Å². The van der Waals surface area contributed by atoms with E-state index in [-0.39, 0.29) is 32.4 Å². The summed E-state index contributed by atoms with van der Waals surface area (Å²) in [6.45, 7) is 25.4. The molecule has 0 aliphatic heterocycles. The van der Waals surface area contributed by atoms with Crippen molar-refractivity contribution >= 4 is 17.9 Å². The van der Waals surface area contributed by atoms with Crippen LogP contribution in [0.2, 0.25) is 0 Å². The first-order chi connectivity index (χ1) is 59.8. The number of allylic oxidation sites excluding steroid dienone is 1. The van der Waals surface area contributed by atoms with Crippen LogP contribution in [-0.2, 0) is 55.0 Å². The quantitative estimate of drug-likeness (QED) is 0.0214. The van der Waals surface area contributed by atoms with Gasteiger partial charge in [0.1, 0.15) is 19.0 Å². The smallest absolute Gasteiger partial charge is 0.340 e. The maximum absolute atomic E-state index is 12.1. The lowest BCUT2D eigenvalue weighted by Crippen LogP contribution is -2.12. The SMILES string of the molecule is C=C(C)C(=C)OCc1cccc(-c2cccc(-c3cc(-c4ccc(-c5ccccc5)cc4)cc(-c4cccc(-c5cccc(COC(=O)C(=C)C)c5)c4)c3)c2)c1.C=C(C)C(=O)OC(=O)C(=C)C.OCc1cccc(-c2cccc(-c3cc(-c4ccc(-c5ccccc5)cc4)cc(-c4cccc(-c5cccc(CO)c5)c4)c3)c2)c1.[3HH].[3H][3H].[3H][3H].[3H][3H].[3H][3H].[3H][3H]. The zero-order chi connectivity index (χ0) is 89.3. The zero-order valence-electron chi connectivity index (χ0n) is 74.0. The van der Waals surface area contributed by atoms with E-state index >= 15 is 0 Å². The minimum Gasteiger partial charge on any atom is -0.489 e. The fourth-order valence-electron chi connectivity index (χ4n) is 12.9. The van der Waals surface area contributed by atoms with E-state index in [1.807, 2.05) is 67.6 Å². The third-order valence-electron chi connectivity index (χ3n) is 19.2. The summed E-state index contributed by atoms with van der Waals surface area (Å²) in [5.41, 5.74) is 32.4. The van der Waals surface area contributed by atoms with E-state index in [0.29, 0.717) is 17.9 Å². The molecule has 0 atom stereocenters. The number of aliphatic hydroxyl groups is 2. The highest BCUT2D eigenvalue weighted by Crippen LogP contribution is 2.40. The maximum Gasteiger partial charge on any atom is 0.340 e. The number of carbonyl (C=O) groups excluding carboxylic acids is 3. The molecular formula is C105H100O8. The number of benzene rings is 14. The molecule has 0 aromatic heterocycles. The summed E-state index contributed by atoms with van der Waals surface area (Å²) in [4.78, 5) is 33.4. The van der Waals surface area contributed by atoms with Gasteiger partial charge in [-0.3, -0.25) is 0 Å². The molecule has 8 nitrogen and oxygen atoms in total. The topological polar surface area (TPSA) is 119 Å². The summed E-state index contributed by atoms with van der Waals surface area (Å²) in [6.07, 6.45) is 0. The van der Waals surface area contributed by atoms with Gasteiger partial charge in [0.05, 0.1) is 13.2 Å². The number of hydrogen-bond donors (Lipinski definition) is 2. The van der Waals surface area contributed by atoms with Crippen LogP contribution in [0, 0.1) is 0 Å². The second kappa shape index (κ2) is 37.5. The van der Waals surface area contributed by atoms with Crippen LogP contribution in [0.5, 0.6) is 0 Å². The molecule has 113 heavy (non-hydrogen) atoms. The number of esters is 3. The molecule has 0 amide bonds. The second-order valence-corrected chi connectivity index (χ2v) is 28.0. The normalized spacial score (nSPS) is 11.0. The fraction of sp³-hybridized carbons (Fsp3) is 0.0762. The summed E-state index contributed by atoms with van der Waals surface area (Å²) in [6, 6.07) is 119. The van der Waals surface area contributed by atoms with E-state index < -0.39 is 17.9 Å². The Balaban J connectivity index is 0.000000315. The van der Waals surface area contributed by atoms with Crippen LogP contribution in [0.1, 0.15) is 66.2 Å². The summed E-state index contributed by atoms with van der Waals surface area (Å²) in [5.74, 6) is -1.21. The largest absolute Gasteiger partial charge is 0.489 e. The van der Waals surface area contributed by atoms with E-state index in [1.165, 1.54) is 36.1 Å². The standard InChI is InChI=1S/C53H44O3.C44H34O2.C8H10O3.6H2/c1-36(2)38(5)55-34-39-13-9-17-44(27-39)46-19-11-21-48(29-46)51-31-50(43-25-23-42(24-26-43)41-15-7-6-8-16-41)32-52(33-51)49-22-12-20-47(30-49)45-18-10-14-40(28-45)35-56-53(54)37(3)4;45-29-31-8-4-12-36(22-31)38-14-6-16-40(24-38)43-26-42(35-20-18-34(19-21-35)33-10-2-1-3-11-33)27-44(28-43)41-17-7-15-39(25-41)37-13-5-9-32(23-37)30-46;1-5(2)7(9)11-8(10)6(3)4;;;;;;/h6-33H,1,3,5,34-35H2,2,4H3;1-28,45-46H,29-30H2;1,3H2,2,4H3;6*1H/i;;;5*1+2T;1+2. The molecule has 0 spiro atoms. The lowest BCUT2D eigenvalue weighted by molar-refractivity contribution is -0.154. The van der Waals surface area contributed by atoms with Gasteiger partial charge in [0.25, 0.3) is 0 Å². The predicted octanol–water partition coefficient (Wildman–Crippen LogP) is 27.3. The zero-order valence-corrected chi connectivity index (χ0v) is 64.0. The Bertz CT molecular complexity index is 5610. The van der Waals surface area contributed by atoms with E-state index in [1.54, 1.807) is 6.92 Å². The lowest BCUT2D eigenvalue weighted by atomic mass is 9.90. The van der Waals surface area contributed by atoms with Crippen LogP contribution in [0.4, 0.5) is 0 Å². The molecule has 0 saturated carbocycles. The molecule has 0 fully saturated rings. The monoisotopic (exact) mass is 1510 g/mol. The number of ether oxygens (including phenoxy) is 3. The van der Waals surface area contributed by atoms with Crippen molar-refractivity contribution in [2.75, 3.05) is 0 Å². The van der Waals surface area contributed by atoms with E-state index in [2.05, 4.69) is 317 Å². The number of carbonyl (C=O) groups is 3. The average molecular weight is 1510 g/mol. The van der Waals surface area contributed by atoms with E-state index in [9.17, 15) is 24.6 Å². The highest BCUT2D eigenvalue weighted by atomic mass is 16.6. The van der Waals surface area contributed by atoms with Gasteiger partial charge < -0.3 is 24.4 Å². The molecule has 8 heteroatoms. The molecule has 0 aliphatic carbocycles. The van der Waals surface area contributed by atoms with Crippen molar-refractivity contribution in [2.45, 2.75) is 54.1 Å². The first-order valence-electron chi connectivity index (χ1n) is 42.3. The van der Waals surface area contributed by atoms with Crippen molar-refractivity contribution in [3.63, 3.8) is 0 Å². The summed E-state index contributed by atoms with van der Waals surface area (Å²) < 4.78 is 65.6. The molecule has 568 valence electrons. The Morgan fingerprint density at radius 1 is 0.239 bits per heavy atom. The van der Waals surface area contributed by atoms with Crippen LogP contribution < -0.4 is 0 Å². The summed E-state index contributed by atoms with van der Waals surface area (Å²) in [5, 5.41) is 19.4. The third kappa shape index (κ3) is 20.9. The van der Waals surface area contributed by atoms with E-state index in [0.717, 1.165) is 139 Å². The van der Waals surface area contributed by atoms with Gasteiger partial charge in [0, 0.05) is 33.0 Å². The molecule has 0 saturated heterocycles. The molecular weight excluding hydrogens is 1390 g/mol. The molecule has 0 radical (unpaired) electrons. The van der Waals surface area contributed by atoms with Crippen molar-refractivity contribution in [3.05, 3.63) is 423 Å². The molecule has 2 N–H and O–H groups in total. The molecule has 0 bridgehead atoms. The van der Waals surface area contributed by atoms with E-state index in [4.69, 9.17) is 24.3 Å². The van der Waals surface area contributed by atoms with Crippen LogP contribution in [0.3, 0.4) is 0 Å². The van der Waals surface area contributed by atoms with Crippen molar-refractivity contribution < 1.29 is 55.1 Å². The highest BCUT2D eigenvalue weighted by molar-refractivity contribution is 6.01. The van der Waals surface area contributed by atoms with Gasteiger partial charge in [0.2, 0.25) is 0 Å². The Kier molecular flexibility index (Phi) is 23.9. The van der Waals surface area contributed by atoms with Crippen molar-refractivity contribution in [2.24, 2.45) is 0 Å². The average Bonchev–Trinajstić information content (AvgIpc) is 0.790. The van der Waals surface area contributed by atoms with Crippen molar-refractivity contribution in [1.82, 2.24) is 0 Å². The van der Waals surface area contributed by atoms with Gasteiger partial charge in [-0.15, -0.1) is 0 Å². The Hall–Kier alpha value is -13.9. The molecule has 0 unspecified atom stereocenters. The summed E-state index contributed by atoms with van der Waals surface area (Å²) in [7, 11) is 0. The highest BCUT2D eigenvalue weighted by Gasteiger charge is 2.16. The van der Waals surface area contributed by atoms with Crippen molar-refractivity contribution in [1.29, 1.82) is 0 Å². The Morgan fingerprint density at radius 3 is 0.717 bits per heavy atom. The lowest BCUT2D eigenvalue weighted by Gasteiger charge is -2.14. The predicted molar refractivity (Wildman–Crippen MR) is 477 cm³/mol. The van der Waals surface area contributed by atoms with Crippen LogP contribution in [0.25, 0.3) is 134 Å². The minimum atomic E-state index is -0.710. The Morgan fingerprint density at radius 2 is 0.442 bits per heavy atom. The van der Waals surface area contributed by atoms with Crippen LogP contribution in [-0.4, -0.2) is 28.1 Å². The first-order valence-corrected chi connectivity index (χ1v) is 37.3. The van der Waals surface area contributed by atoms with Gasteiger partial charge >= 0.3 is 17.9 Å².